The average molecular weight is 392 g/mol. The summed E-state index contributed by atoms with van der Waals surface area (Å²) in [6, 6.07) is 9.35. The van der Waals surface area contributed by atoms with Crippen molar-refractivity contribution in [3.63, 3.8) is 0 Å². The van der Waals surface area contributed by atoms with E-state index in [0.29, 0.717) is 17.1 Å². The fraction of sp³-hybridized carbons (Fsp3) is 0.167. The first kappa shape index (κ1) is 20.1. The standard InChI is InChI=1S/C18H17FN2O5S/c1-24-16-10-18(26-3)17(25-2)9-12(16)8-15(11-20)27(22,23)21-14-6-4-13(19)5-7-14/h4-10,21H,1-3H3/b15-8+. The predicted molar refractivity (Wildman–Crippen MR) is 98.6 cm³/mol. The second-order valence-electron chi connectivity index (χ2n) is 5.18. The highest BCUT2D eigenvalue weighted by Crippen LogP contribution is 2.36. The van der Waals surface area contributed by atoms with Crippen LogP contribution in [0.25, 0.3) is 6.08 Å². The van der Waals surface area contributed by atoms with E-state index in [1.54, 1.807) is 6.07 Å². The van der Waals surface area contributed by atoms with Crippen molar-refractivity contribution in [3.05, 3.63) is 52.7 Å². The zero-order valence-electron chi connectivity index (χ0n) is 14.8. The van der Waals surface area contributed by atoms with Crippen molar-refractivity contribution < 1.29 is 27.0 Å². The van der Waals surface area contributed by atoms with Crippen LogP contribution in [0.1, 0.15) is 5.56 Å². The fourth-order valence-electron chi connectivity index (χ4n) is 2.20. The molecule has 0 heterocycles. The molecule has 0 bridgehead atoms. The number of ether oxygens (including phenoxy) is 3. The van der Waals surface area contributed by atoms with Gasteiger partial charge in [0, 0.05) is 17.3 Å². The first-order valence-electron chi connectivity index (χ1n) is 7.54. The summed E-state index contributed by atoms with van der Waals surface area (Å²) in [6.07, 6.45) is 1.15. The van der Waals surface area contributed by atoms with Crippen LogP contribution in [0.3, 0.4) is 0 Å². The Hall–Kier alpha value is -3.25. The van der Waals surface area contributed by atoms with Crippen molar-refractivity contribution in [2.45, 2.75) is 0 Å². The maximum Gasteiger partial charge on any atom is 0.272 e. The molecule has 2 aromatic rings. The number of sulfonamides is 1. The van der Waals surface area contributed by atoms with Crippen molar-refractivity contribution in [1.82, 2.24) is 0 Å². The summed E-state index contributed by atoms with van der Waals surface area (Å²) >= 11 is 0. The van der Waals surface area contributed by atoms with Gasteiger partial charge in [0.1, 0.15) is 17.6 Å². The third-order valence-electron chi connectivity index (χ3n) is 3.52. The van der Waals surface area contributed by atoms with Gasteiger partial charge in [0.2, 0.25) is 0 Å². The highest BCUT2D eigenvalue weighted by Gasteiger charge is 2.20. The van der Waals surface area contributed by atoms with E-state index in [-0.39, 0.29) is 11.4 Å². The summed E-state index contributed by atoms with van der Waals surface area (Å²) in [5.41, 5.74) is 0.424. The van der Waals surface area contributed by atoms with Gasteiger partial charge in [0.05, 0.1) is 21.3 Å². The Morgan fingerprint density at radius 2 is 1.59 bits per heavy atom. The maximum atomic E-state index is 13.0. The largest absolute Gasteiger partial charge is 0.496 e. The molecule has 0 saturated carbocycles. The minimum atomic E-state index is -4.20. The Morgan fingerprint density at radius 1 is 1.04 bits per heavy atom. The zero-order chi connectivity index (χ0) is 20.0. The summed E-state index contributed by atoms with van der Waals surface area (Å²) in [7, 11) is 0.0773. The van der Waals surface area contributed by atoms with Gasteiger partial charge in [-0.2, -0.15) is 5.26 Å². The number of allylic oxidation sites excluding steroid dienone is 1. The molecule has 0 atom stereocenters. The zero-order valence-corrected chi connectivity index (χ0v) is 15.6. The summed E-state index contributed by atoms with van der Waals surface area (Å²) in [6.45, 7) is 0. The maximum absolute atomic E-state index is 13.0. The molecular weight excluding hydrogens is 375 g/mol. The molecule has 0 unspecified atom stereocenters. The molecule has 0 aliphatic rings. The Labute approximate surface area is 156 Å². The molecule has 0 radical (unpaired) electrons. The van der Waals surface area contributed by atoms with Crippen LogP contribution < -0.4 is 18.9 Å². The van der Waals surface area contributed by atoms with Gasteiger partial charge in [-0.05, 0) is 36.4 Å². The van der Waals surface area contributed by atoms with Gasteiger partial charge in [0.25, 0.3) is 10.0 Å². The van der Waals surface area contributed by atoms with Gasteiger partial charge in [-0.3, -0.25) is 4.72 Å². The molecule has 7 nitrogen and oxygen atoms in total. The van der Waals surface area contributed by atoms with Gasteiger partial charge in [-0.25, -0.2) is 12.8 Å². The van der Waals surface area contributed by atoms with Crippen LogP contribution in [0.2, 0.25) is 0 Å². The fourth-order valence-corrected chi connectivity index (χ4v) is 3.16. The van der Waals surface area contributed by atoms with Crippen LogP contribution in [0.15, 0.2) is 41.3 Å². The molecule has 0 aliphatic carbocycles. The number of rotatable bonds is 7. The number of nitriles is 1. The summed E-state index contributed by atoms with van der Waals surface area (Å²) in [5, 5.41) is 9.34. The van der Waals surface area contributed by atoms with Crippen molar-refractivity contribution in [3.8, 4) is 23.3 Å². The van der Waals surface area contributed by atoms with Gasteiger partial charge >= 0.3 is 0 Å². The Kier molecular flexibility index (Phi) is 6.26. The lowest BCUT2D eigenvalue weighted by Gasteiger charge is -2.13. The van der Waals surface area contributed by atoms with Crippen molar-refractivity contribution >= 4 is 21.8 Å². The lowest BCUT2D eigenvalue weighted by atomic mass is 10.1. The highest BCUT2D eigenvalue weighted by molar-refractivity contribution is 7.96. The van der Waals surface area contributed by atoms with Crippen LogP contribution >= 0.6 is 0 Å². The van der Waals surface area contributed by atoms with E-state index in [9.17, 15) is 18.1 Å². The van der Waals surface area contributed by atoms with Gasteiger partial charge in [-0.1, -0.05) is 0 Å². The van der Waals surface area contributed by atoms with Crippen molar-refractivity contribution in [1.29, 1.82) is 5.26 Å². The van der Waals surface area contributed by atoms with E-state index in [1.807, 2.05) is 0 Å². The van der Waals surface area contributed by atoms with Crippen LogP contribution in [0.4, 0.5) is 10.1 Å². The van der Waals surface area contributed by atoms with Crippen molar-refractivity contribution in [2.24, 2.45) is 0 Å². The van der Waals surface area contributed by atoms with E-state index in [2.05, 4.69) is 4.72 Å². The average Bonchev–Trinajstić information content (AvgIpc) is 2.66. The molecule has 0 saturated heterocycles. The smallest absolute Gasteiger partial charge is 0.272 e. The molecule has 0 aliphatic heterocycles. The Balaban J connectivity index is 2.48. The van der Waals surface area contributed by atoms with E-state index in [4.69, 9.17) is 14.2 Å². The third kappa shape index (κ3) is 4.68. The number of anilines is 1. The number of hydrogen-bond acceptors (Lipinski definition) is 6. The highest BCUT2D eigenvalue weighted by atomic mass is 32.2. The van der Waals surface area contributed by atoms with Crippen LogP contribution in [0, 0.1) is 17.1 Å². The summed E-state index contributed by atoms with van der Waals surface area (Å²) in [4.78, 5) is -0.558. The number of methoxy groups -OCH3 is 3. The monoisotopic (exact) mass is 392 g/mol. The topological polar surface area (TPSA) is 97.7 Å². The molecular formula is C18H17FN2O5S. The summed E-state index contributed by atoms with van der Waals surface area (Å²) < 4.78 is 55.8. The molecule has 1 N–H and O–H groups in total. The van der Waals surface area contributed by atoms with E-state index in [0.717, 1.165) is 18.2 Å². The molecule has 9 heteroatoms. The summed E-state index contributed by atoms with van der Waals surface area (Å²) in [5.74, 6) is 0.504. The molecule has 0 spiro atoms. The van der Waals surface area contributed by atoms with E-state index >= 15 is 0 Å². The minimum absolute atomic E-state index is 0.122. The molecule has 2 aromatic carbocycles. The molecule has 0 aromatic heterocycles. The molecule has 0 fully saturated rings. The number of nitrogens with zero attached hydrogens (tertiary/aromatic N) is 1. The molecule has 2 rings (SSSR count). The van der Waals surface area contributed by atoms with Gasteiger partial charge < -0.3 is 14.2 Å². The molecule has 27 heavy (non-hydrogen) atoms. The van der Waals surface area contributed by atoms with E-state index in [1.165, 1.54) is 45.6 Å². The van der Waals surface area contributed by atoms with Crippen LogP contribution in [-0.2, 0) is 10.0 Å². The second-order valence-corrected chi connectivity index (χ2v) is 6.83. The second kappa shape index (κ2) is 8.42. The SMILES string of the molecule is COc1cc(OC)c(OC)cc1/C=C(\C#N)S(=O)(=O)Nc1ccc(F)cc1. The normalized spacial score (nSPS) is 11.4. The number of halogens is 1. The van der Waals surface area contributed by atoms with Crippen LogP contribution in [-0.4, -0.2) is 29.7 Å². The molecule has 0 amide bonds. The Morgan fingerprint density at radius 3 is 2.11 bits per heavy atom. The lowest BCUT2D eigenvalue weighted by Crippen LogP contribution is -2.14. The van der Waals surface area contributed by atoms with Crippen molar-refractivity contribution in [2.75, 3.05) is 26.1 Å². The first-order chi connectivity index (χ1) is 12.8. The Bertz CT molecular complexity index is 996. The van der Waals surface area contributed by atoms with Gasteiger partial charge in [0.15, 0.2) is 16.4 Å². The first-order valence-corrected chi connectivity index (χ1v) is 9.03. The molecule has 142 valence electrons. The lowest BCUT2D eigenvalue weighted by molar-refractivity contribution is 0.348. The number of hydrogen-bond donors (Lipinski definition) is 1. The van der Waals surface area contributed by atoms with Gasteiger partial charge in [-0.15, -0.1) is 0 Å². The quantitative estimate of drug-likeness (QED) is 0.727. The third-order valence-corrected chi connectivity index (χ3v) is 4.81. The number of nitrogens with one attached hydrogen (secondary N) is 1. The predicted octanol–water partition coefficient (Wildman–Crippen LogP) is 3.16. The van der Waals surface area contributed by atoms with Crippen LogP contribution in [0.5, 0.6) is 17.2 Å². The number of benzene rings is 2. The minimum Gasteiger partial charge on any atom is -0.496 e. The van der Waals surface area contributed by atoms with E-state index < -0.39 is 20.7 Å².